The molecule has 0 aromatic heterocycles. The number of benzene rings is 1. The summed E-state index contributed by atoms with van der Waals surface area (Å²) >= 11 is 0. The Labute approximate surface area is 111 Å². The van der Waals surface area contributed by atoms with E-state index < -0.39 is 0 Å². The van der Waals surface area contributed by atoms with E-state index in [9.17, 15) is 0 Å². The van der Waals surface area contributed by atoms with Crippen molar-refractivity contribution >= 4 is 5.57 Å². The van der Waals surface area contributed by atoms with Crippen LogP contribution in [0.3, 0.4) is 0 Å². The summed E-state index contributed by atoms with van der Waals surface area (Å²) in [6, 6.07) is 9.11. The van der Waals surface area contributed by atoms with Crippen molar-refractivity contribution in [1.29, 1.82) is 0 Å². The molecule has 0 saturated heterocycles. The molecule has 1 fully saturated rings. The molecular formula is C18H24. The normalized spacial score (nSPS) is 22.8. The van der Waals surface area contributed by atoms with Gasteiger partial charge in [-0.15, -0.1) is 0 Å². The molecule has 18 heavy (non-hydrogen) atoms. The zero-order chi connectivity index (χ0) is 12.6. The van der Waals surface area contributed by atoms with E-state index >= 15 is 0 Å². The predicted octanol–water partition coefficient (Wildman–Crippen LogP) is 5.48. The highest BCUT2D eigenvalue weighted by Gasteiger charge is 2.30. The Bertz CT molecular complexity index is 469. The standard InChI is InChI=1S/C18H24/c1-18(2)13-12-15(14-8-4-3-5-9-14)16-10-6-7-11-17(16)18/h6-7,10-11H,3-5,8-9,12-13H2,1-2H3. The molecule has 1 aromatic carbocycles. The summed E-state index contributed by atoms with van der Waals surface area (Å²) in [6.07, 6.45) is 9.55. The Kier molecular flexibility index (Phi) is 3.05. The third-order valence-electron chi connectivity index (χ3n) is 4.87. The van der Waals surface area contributed by atoms with E-state index in [1.165, 1.54) is 44.9 Å². The lowest BCUT2D eigenvalue weighted by atomic mass is 9.69. The Balaban J connectivity index is 2.09. The molecule has 1 saturated carbocycles. The third kappa shape index (κ3) is 2.02. The van der Waals surface area contributed by atoms with Gasteiger partial charge in [0.1, 0.15) is 0 Å². The van der Waals surface area contributed by atoms with Crippen LogP contribution < -0.4 is 0 Å². The summed E-state index contributed by atoms with van der Waals surface area (Å²) < 4.78 is 0. The van der Waals surface area contributed by atoms with Crippen LogP contribution in [0.15, 0.2) is 29.8 Å². The topological polar surface area (TPSA) is 0 Å². The van der Waals surface area contributed by atoms with E-state index in [0.717, 1.165) is 0 Å². The molecule has 2 aliphatic rings. The first-order chi connectivity index (χ1) is 8.68. The molecule has 0 atom stereocenters. The number of rotatable bonds is 0. The lowest BCUT2D eigenvalue weighted by molar-refractivity contribution is 0.471. The van der Waals surface area contributed by atoms with Crippen molar-refractivity contribution in [3.05, 3.63) is 41.0 Å². The Hall–Kier alpha value is -1.04. The van der Waals surface area contributed by atoms with Gasteiger partial charge in [-0.1, -0.05) is 50.1 Å². The lowest BCUT2D eigenvalue weighted by Crippen LogP contribution is -2.23. The average molecular weight is 240 g/mol. The Morgan fingerprint density at radius 1 is 0.889 bits per heavy atom. The number of hydrogen-bond acceptors (Lipinski definition) is 0. The zero-order valence-electron chi connectivity index (χ0n) is 11.8. The maximum atomic E-state index is 2.40. The van der Waals surface area contributed by atoms with Crippen molar-refractivity contribution < 1.29 is 0 Å². The molecule has 0 spiro atoms. The molecule has 0 nitrogen and oxygen atoms in total. The van der Waals surface area contributed by atoms with E-state index in [1.54, 1.807) is 22.3 Å². The first kappa shape index (κ1) is 12.0. The van der Waals surface area contributed by atoms with Gasteiger partial charge in [-0.05, 0) is 60.6 Å². The molecule has 3 rings (SSSR count). The highest BCUT2D eigenvalue weighted by Crippen LogP contribution is 2.45. The third-order valence-corrected chi connectivity index (χ3v) is 4.87. The van der Waals surface area contributed by atoms with E-state index in [4.69, 9.17) is 0 Å². The van der Waals surface area contributed by atoms with Gasteiger partial charge in [0.25, 0.3) is 0 Å². The molecule has 2 aliphatic carbocycles. The van der Waals surface area contributed by atoms with Crippen LogP contribution in [0.5, 0.6) is 0 Å². The highest BCUT2D eigenvalue weighted by molar-refractivity contribution is 5.74. The molecule has 0 bridgehead atoms. The first-order valence-electron chi connectivity index (χ1n) is 7.49. The molecular weight excluding hydrogens is 216 g/mol. The van der Waals surface area contributed by atoms with Gasteiger partial charge < -0.3 is 0 Å². The van der Waals surface area contributed by atoms with Crippen LogP contribution in [-0.2, 0) is 5.41 Å². The van der Waals surface area contributed by atoms with Crippen molar-refractivity contribution in [3.63, 3.8) is 0 Å². The van der Waals surface area contributed by atoms with Gasteiger partial charge in [-0.3, -0.25) is 0 Å². The van der Waals surface area contributed by atoms with Crippen LogP contribution in [0.2, 0.25) is 0 Å². The van der Waals surface area contributed by atoms with Crippen LogP contribution in [0.1, 0.15) is 69.9 Å². The number of hydrogen-bond donors (Lipinski definition) is 0. The second-order valence-electron chi connectivity index (χ2n) is 6.57. The summed E-state index contributed by atoms with van der Waals surface area (Å²) in [5.74, 6) is 0. The van der Waals surface area contributed by atoms with E-state index in [2.05, 4.69) is 38.1 Å². The molecule has 96 valence electrons. The fourth-order valence-electron chi connectivity index (χ4n) is 3.69. The summed E-state index contributed by atoms with van der Waals surface area (Å²) in [5, 5.41) is 0. The molecule has 0 amide bonds. The van der Waals surface area contributed by atoms with Gasteiger partial charge in [-0.2, -0.15) is 0 Å². The molecule has 0 heteroatoms. The summed E-state index contributed by atoms with van der Waals surface area (Å²) in [6.45, 7) is 4.79. The molecule has 0 aliphatic heterocycles. The van der Waals surface area contributed by atoms with Crippen LogP contribution in [-0.4, -0.2) is 0 Å². The predicted molar refractivity (Wildman–Crippen MR) is 78.7 cm³/mol. The van der Waals surface area contributed by atoms with Gasteiger partial charge in [0.2, 0.25) is 0 Å². The molecule has 0 heterocycles. The molecule has 0 radical (unpaired) electrons. The van der Waals surface area contributed by atoms with Crippen molar-refractivity contribution in [1.82, 2.24) is 0 Å². The highest BCUT2D eigenvalue weighted by atomic mass is 14.3. The first-order valence-corrected chi connectivity index (χ1v) is 7.49. The maximum Gasteiger partial charge on any atom is -0.00944 e. The average Bonchev–Trinajstić information content (AvgIpc) is 2.40. The largest absolute Gasteiger partial charge is 0.0664 e. The number of fused-ring (bicyclic) bond motifs is 1. The van der Waals surface area contributed by atoms with Crippen LogP contribution in [0.4, 0.5) is 0 Å². The van der Waals surface area contributed by atoms with Crippen LogP contribution in [0, 0.1) is 0 Å². The smallest absolute Gasteiger partial charge is 0.00944 e. The van der Waals surface area contributed by atoms with Crippen molar-refractivity contribution in [3.8, 4) is 0 Å². The van der Waals surface area contributed by atoms with Gasteiger partial charge in [0.05, 0.1) is 0 Å². The molecule has 1 aromatic rings. The summed E-state index contributed by atoms with van der Waals surface area (Å²) in [5.41, 5.74) is 6.96. The summed E-state index contributed by atoms with van der Waals surface area (Å²) in [4.78, 5) is 0. The van der Waals surface area contributed by atoms with Gasteiger partial charge in [-0.25, -0.2) is 0 Å². The van der Waals surface area contributed by atoms with Crippen molar-refractivity contribution in [2.24, 2.45) is 0 Å². The SMILES string of the molecule is CC1(C)CCC(=C2CCCCC2)c2ccccc21. The lowest BCUT2D eigenvalue weighted by Gasteiger charge is -2.35. The molecule has 0 unspecified atom stereocenters. The minimum atomic E-state index is 0.356. The van der Waals surface area contributed by atoms with Gasteiger partial charge in [0.15, 0.2) is 0 Å². The van der Waals surface area contributed by atoms with Crippen molar-refractivity contribution in [2.45, 2.75) is 64.2 Å². The minimum Gasteiger partial charge on any atom is -0.0664 e. The Morgan fingerprint density at radius 3 is 2.39 bits per heavy atom. The van der Waals surface area contributed by atoms with Crippen LogP contribution >= 0.6 is 0 Å². The maximum absolute atomic E-state index is 2.40. The van der Waals surface area contributed by atoms with E-state index in [0.29, 0.717) is 5.41 Å². The van der Waals surface area contributed by atoms with Crippen molar-refractivity contribution in [2.75, 3.05) is 0 Å². The molecule has 0 N–H and O–H groups in total. The second kappa shape index (κ2) is 4.57. The summed E-state index contributed by atoms with van der Waals surface area (Å²) in [7, 11) is 0. The van der Waals surface area contributed by atoms with Gasteiger partial charge in [0, 0.05) is 0 Å². The monoisotopic (exact) mass is 240 g/mol. The Morgan fingerprint density at radius 2 is 1.61 bits per heavy atom. The number of allylic oxidation sites excluding steroid dienone is 2. The quantitative estimate of drug-likeness (QED) is 0.563. The van der Waals surface area contributed by atoms with E-state index in [-0.39, 0.29) is 0 Å². The van der Waals surface area contributed by atoms with Gasteiger partial charge >= 0.3 is 0 Å². The second-order valence-corrected chi connectivity index (χ2v) is 6.57. The zero-order valence-corrected chi connectivity index (χ0v) is 11.8. The minimum absolute atomic E-state index is 0.356. The fourth-order valence-corrected chi connectivity index (χ4v) is 3.69. The fraction of sp³-hybridized carbons (Fsp3) is 0.556. The van der Waals surface area contributed by atoms with Crippen LogP contribution in [0.25, 0.3) is 5.57 Å². The van der Waals surface area contributed by atoms with E-state index in [1.807, 2.05) is 0 Å².